The lowest BCUT2D eigenvalue weighted by atomic mass is 10.3. The van der Waals surface area contributed by atoms with E-state index in [-0.39, 0.29) is 0 Å². The average Bonchev–Trinajstić information content (AvgIpc) is 2.57. The minimum absolute atomic E-state index is 1.12. The van der Waals surface area contributed by atoms with E-state index < -0.39 is 0 Å². The van der Waals surface area contributed by atoms with Crippen molar-refractivity contribution in [2.24, 2.45) is 0 Å². The highest BCUT2D eigenvalue weighted by Gasteiger charge is 1.94. The van der Waals surface area contributed by atoms with E-state index in [1.54, 1.807) is 11.3 Å². The SMILES string of the molecule is CNCCCCSc1nccs1. The summed E-state index contributed by atoms with van der Waals surface area (Å²) in [7, 11) is 1.99. The lowest BCUT2D eigenvalue weighted by molar-refractivity contribution is 0.715. The molecule has 0 fully saturated rings. The molecule has 0 aliphatic carbocycles. The van der Waals surface area contributed by atoms with Crippen molar-refractivity contribution in [2.45, 2.75) is 17.2 Å². The van der Waals surface area contributed by atoms with Gasteiger partial charge in [-0.3, -0.25) is 0 Å². The molecule has 0 aliphatic rings. The first-order valence-corrected chi connectivity index (χ1v) is 5.97. The number of aromatic nitrogens is 1. The zero-order valence-corrected chi connectivity index (χ0v) is 8.88. The molecule has 0 aromatic carbocycles. The van der Waals surface area contributed by atoms with Crippen LogP contribution in [0.2, 0.25) is 0 Å². The maximum atomic E-state index is 4.20. The van der Waals surface area contributed by atoms with Gasteiger partial charge in [0.05, 0.1) is 0 Å². The number of thioether (sulfide) groups is 1. The summed E-state index contributed by atoms with van der Waals surface area (Å²) >= 11 is 3.58. The number of rotatable bonds is 6. The third kappa shape index (κ3) is 4.09. The predicted molar refractivity (Wildman–Crippen MR) is 56.0 cm³/mol. The van der Waals surface area contributed by atoms with Gasteiger partial charge in [-0.25, -0.2) is 4.98 Å². The molecule has 1 aromatic heterocycles. The summed E-state index contributed by atoms with van der Waals surface area (Å²) in [5.41, 5.74) is 0. The summed E-state index contributed by atoms with van der Waals surface area (Å²) in [5, 5.41) is 5.16. The fourth-order valence-corrected chi connectivity index (χ4v) is 2.55. The summed E-state index contributed by atoms with van der Waals surface area (Å²) in [6.45, 7) is 1.12. The molecule has 2 nitrogen and oxygen atoms in total. The van der Waals surface area contributed by atoms with E-state index >= 15 is 0 Å². The Labute approximate surface area is 81.8 Å². The minimum Gasteiger partial charge on any atom is -0.320 e. The molecule has 0 radical (unpaired) electrons. The highest BCUT2D eigenvalue weighted by atomic mass is 32.2. The van der Waals surface area contributed by atoms with E-state index in [9.17, 15) is 0 Å². The standard InChI is InChI=1S/C8H14N2S2/c1-9-4-2-3-6-11-8-10-5-7-12-8/h5,7,9H,2-4,6H2,1H3. The normalized spacial score (nSPS) is 10.4. The van der Waals surface area contributed by atoms with E-state index in [1.165, 1.54) is 22.9 Å². The molecular formula is C8H14N2S2. The molecule has 0 amide bonds. The fourth-order valence-electron chi connectivity index (χ4n) is 0.845. The van der Waals surface area contributed by atoms with E-state index in [2.05, 4.69) is 10.3 Å². The summed E-state index contributed by atoms with van der Waals surface area (Å²) in [4.78, 5) is 4.20. The molecule has 1 heterocycles. The number of thiazole rings is 1. The van der Waals surface area contributed by atoms with Gasteiger partial charge in [0.15, 0.2) is 0 Å². The zero-order valence-electron chi connectivity index (χ0n) is 7.25. The topological polar surface area (TPSA) is 24.9 Å². The summed E-state index contributed by atoms with van der Waals surface area (Å²) < 4.78 is 1.19. The predicted octanol–water partition coefficient (Wildman–Crippen LogP) is 2.23. The minimum atomic E-state index is 1.12. The summed E-state index contributed by atoms with van der Waals surface area (Å²) in [6.07, 6.45) is 4.39. The molecule has 0 unspecified atom stereocenters. The van der Waals surface area contributed by atoms with Crippen molar-refractivity contribution in [2.75, 3.05) is 19.3 Å². The molecule has 0 bridgehead atoms. The Morgan fingerprint density at radius 2 is 2.50 bits per heavy atom. The Morgan fingerprint density at radius 3 is 3.17 bits per heavy atom. The molecule has 0 saturated heterocycles. The van der Waals surface area contributed by atoms with Crippen LogP contribution in [0.3, 0.4) is 0 Å². The van der Waals surface area contributed by atoms with Gasteiger partial charge in [-0.1, -0.05) is 11.8 Å². The molecule has 12 heavy (non-hydrogen) atoms. The van der Waals surface area contributed by atoms with Crippen LogP contribution >= 0.6 is 23.1 Å². The first-order valence-electron chi connectivity index (χ1n) is 4.10. The summed E-state index contributed by atoms with van der Waals surface area (Å²) in [6, 6.07) is 0. The van der Waals surface area contributed by atoms with Gasteiger partial charge in [0, 0.05) is 17.3 Å². The van der Waals surface area contributed by atoms with Crippen molar-refractivity contribution in [3.63, 3.8) is 0 Å². The number of nitrogens with zero attached hydrogens (tertiary/aromatic N) is 1. The van der Waals surface area contributed by atoms with Crippen molar-refractivity contribution in [1.82, 2.24) is 10.3 Å². The van der Waals surface area contributed by atoms with Crippen molar-refractivity contribution in [3.05, 3.63) is 11.6 Å². The van der Waals surface area contributed by atoms with Gasteiger partial charge >= 0.3 is 0 Å². The van der Waals surface area contributed by atoms with Crippen LogP contribution in [-0.4, -0.2) is 24.3 Å². The van der Waals surface area contributed by atoms with Crippen LogP contribution in [0.5, 0.6) is 0 Å². The lowest BCUT2D eigenvalue weighted by Crippen LogP contribution is -2.07. The molecule has 1 aromatic rings. The van der Waals surface area contributed by atoms with Gasteiger partial charge in [-0.05, 0) is 26.4 Å². The number of nitrogens with one attached hydrogen (secondary N) is 1. The molecule has 68 valence electrons. The highest BCUT2D eigenvalue weighted by Crippen LogP contribution is 2.20. The largest absolute Gasteiger partial charge is 0.320 e. The second-order valence-electron chi connectivity index (χ2n) is 2.46. The Balaban J connectivity index is 1.96. The monoisotopic (exact) mass is 202 g/mol. The first-order chi connectivity index (χ1) is 5.93. The van der Waals surface area contributed by atoms with E-state index in [1.807, 2.05) is 30.4 Å². The van der Waals surface area contributed by atoms with Gasteiger partial charge in [-0.2, -0.15) is 0 Å². The fraction of sp³-hybridized carbons (Fsp3) is 0.625. The van der Waals surface area contributed by atoms with Gasteiger partial charge in [0.2, 0.25) is 0 Å². The molecule has 1 N–H and O–H groups in total. The third-order valence-corrected chi connectivity index (χ3v) is 3.51. The smallest absolute Gasteiger partial charge is 0.149 e. The Morgan fingerprint density at radius 1 is 1.58 bits per heavy atom. The maximum absolute atomic E-state index is 4.20. The maximum Gasteiger partial charge on any atom is 0.149 e. The van der Waals surface area contributed by atoms with Gasteiger partial charge in [-0.15, -0.1) is 11.3 Å². The van der Waals surface area contributed by atoms with E-state index in [0.29, 0.717) is 0 Å². The molecule has 0 spiro atoms. The summed E-state index contributed by atoms with van der Waals surface area (Å²) in [5.74, 6) is 1.19. The van der Waals surface area contributed by atoms with Crippen LogP contribution in [0.1, 0.15) is 12.8 Å². The Bertz CT molecular complexity index is 187. The molecule has 0 aliphatic heterocycles. The lowest BCUT2D eigenvalue weighted by Gasteiger charge is -1.97. The van der Waals surface area contributed by atoms with Crippen LogP contribution in [0, 0.1) is 0 Å². The second kappa shape index (κ2) is 6.46. The van der Waals surface area contributed by atoms with Gasteiger partial charge < -0.3 is 5.32 Å². The number of unbranched alkanes of at least 4 members (excludes halogenated alkanes) is 1. The Hall–Kier alpha value is -0.0600. The average molecular weight is 202 g/mol. The third-order valence-electron chi connectivity index (χ3n) is 1.46. The van der Waals surface area contributed by atoms with Crippen LogP contribution in [0.4, 0.5) is 0 Å². The molecule has 4 heteroatoms. The molecular weight excluding hydrogens is 188 g/mol. The van der Waals surface area contributed by atoms with Crippen molar-refractivity contribution in [3.8, 4) is 0 Å². The van der Waals surface area contributed by atoms with Crippen molar-refractivity contribution < 1.29 is 0 Å². The zero-order chi connectivity index (χ0) is 8.65. The van der Waals surface area contributed by atoms with Crippen LogP contribution in [-0.2, 0) is 0 Å². The van der Waals surface area contributed by atoms with Crippen molar-refractivity contribution in [1.29, 1.82) is 0 Å². The quantitative estimate of drug-likeness (QED) is 0.565. The van der Waals surface area contributed by atoms with Crippen LogP contribution < -0.4 is 5.32 Å². The van der Waals surface area contributed by atoms with Gasteiger partial charge in [0.25, 0.3) is 0 Å². The second-order valence-corrected chi connectivity index (χ2v) is 4.69. The van der Waals surface area contributed by atoms with Gasteiger partial charge in [0.1, 0.15) is 4.34 Å². The highest BCUT2D eigenvalue weighted by molar-refractivity contribution is 8.00. The number of hydrogen-bond acceptors (Lipinski definition) is 4. The Kier molecular flexibility index (Phi) is 5.39. The van der Waals surface area contributed by atoms with E-state index in [4.69, 9.17) is 0 Å². The van der Waals surface area contributed by atoms with Crippen molar-refractivity contribution >= 4 is 23.1 Å². The molecule has 0 saturated carbocycles. The number of hydrogen-bond donors (Lipinski definition) is 1. The van der Waals surface area contributed by atoms with E-state index in [0.717, 1.165) is 6.54 Å². The molecule has 0 atom stereocenters. The molecule has 1 rings (SSSR count). The van der Waals surface area contributed by atoms with Crippen LogP contribution in [0.25, 0.3) is 0 Å². The first kappa shape index (κ1) is 10.0. The van der Waals surface area contributed by atoms with Crippen LogP contribution in [0.15, 0.2) is 15.9 Å².